The molecule has 30 heavy (non-hydrogen) atoms. The number of anilines is 1. The van der Waals surface area contributed by atoms with Gasteiger partial charge in [0.05, 0.1) is 17.8 Å². The Labute approximate surface area is 174 Å². The second-order valence-electron chi connectivity index (χ2n) is 7.49. The van der Waals surface area contributed by atoms with Gasteiger partial charge in [0.1, 0.15) is 5.82 Å². The maximum atomic E-state index is 14.2. The van der Waals surface area contributed by atoms with Crippen molar-refractivity contribution >= 4 is 12.0 Å². The van der Waals surface area contributed by atoms with Crippen molar-refractivity contribution in [1.29, 1.82) is 0 Å². The van der Waals surface area contributed by atoms with E-state index in [2.05, 4.69) is 15.2 Å². The number of aromatic nitrogens is 2. The smallest absolute Gasteiger partial charge is 0.317 e. The van der Waals surface area contributed by atoms with Gasteiger partial charge in [0.15, 0.2) is 11.6 Å². The van der Waals surface area contributed by atoms with Crippen molar-refractivity contribution in [3.05, 3.63) is 41.1 Å². The van der Waals surface area contributed by atoms with Gasteiger partial charge in [0.2, 0.25) is 11.8 Å². The lowest BCUT2D eigenvalue weighted by Crippen LogP contribution is -2.43. The van der Waals surface area contributed by atoms with Gasteiger partial charge in [0.25, 0.3) is 0 Å². The zero-order valence-electron chi connectivity index (χ0n) is 17.0. The second-order valence-corrected chi connectivity index (χ2v) is 7.49. The molecule has 2 aliphatic rings. The van der Waals surface area contributed by atoms with Crippen LogP contribution in [-0.4, -0.2) is 47.1 Å². The molecule has 0 atom stereocenters. The van der Waals surface area contributed by atoms with E-state index in [4.69, 9.17) is 9.72 Å². The number of amides is 2. The van der Waals surface area contributed by atoms with Crippen molar-refractivity contribution in [3.63, 3.8) is 0 Å². The minimum atomic E-state index is -0.807. The van der Waals surface area contributed by atoms with Gasteiger partial charge in [-0.25, -0.2) is 18.6 Å². The molecule has 9 heteroatoms. The molecule has 1 fully saturated rings. The summed E-state index contributed by atoms with van der Waals surface area (Å²) in [5.74, 6) is -0.839. The van der Waals surface area contributed by atoms with E-state index >= 15 is 0 Å². The van der Waals surface area contributed by atoms with Gasteiger partial charge in [-0.15, -0.1) is 0 Å². The third kappa shape index (κ3) is 4.29. The van der Waals surface area contributed by atoms with Gasteiger partial charge in [-0.05, 0) is 38.3 Å². The fourth-order valence-electron chi connectivity index (χ4n) is 3.79. The normalized spacial score (nSPS) is 16.2. The first-order valence-corrected chi connectivity index (χ1v) is 10.4. The first-order chi connectivity index (χ1) is 14.5. The molecule has 0 spiro atoms. The molecular formula is C21H25F2N5O2. The monoisotopic (exact) mass is 417 g/mol. The van der Waals surface area contributed by atoms with E-state index in [-0.39, 0.29) is 24.2 Å². The van der Waals surface area contributed by atoms with Gasteiger partial charge >= 0.3 is 6.03 Å². The van der Waals surface area contributed by atoms with Crippen LogP contribution >= 0.6 is 0 Å². The van der Waals surface area contributed by atoms with Crippen LogP contribution in [-0.2, 0) is 13.0 Å². The summed E-state index contributed by atoms with van der Waals surface area (Å²) in [6.07, 6.45) is 3.85. The summed E-state index contributed by atoms with van der Waals surface area (Å²) in [7, 11) is 0. The maximum absolute atomic E-state index is 14.2. The number of ether oxygens (including phenoxy) is 1. The molecule has 1 N–H and O–H groups in total. The molecule has 0 unspecified atom stereocenters. The molecule has 7 nitrogen and oxygen atoms in total. The number of urea groups is 1. The number of halogens is 2. The minimum absolute atomic E-state index is 0.114. The summed E-state index contributed by atoms with van der Waals surface area (Å²) in [6, 6.07) is 2.97. The molecule has 0 saturated carbocycles. The molecule has 2 amide bonds. The average Bonchev–Trinajstić information content (AvgIpc) is 2.76. The lowest BCUT2D eigenvalue weighted by molar-refractivity contribution is 0.191. The highest BCUT2D eigenvalue weighted by atomic mass is 19.1. The van der Waals surface area contributed by atoms with E-state index < -0.39 is 11.6 Å². The van der Waals surface area contributed by atoms with Gasteiger partial charge in [-0.1, -0.05) is 0 Å². The largest absolute Gasteiger partial charge is 0.435 e. The first-order valence-electron chi connectivity index (χ1n) is 10.4. The molecule has 0 aliphatic carbocycles. The molecule has 4 rings (SSSR count). The van der Waals surface area contributed by atoms with E-state index in [1.165, 1.54) is 12.5 Å². The van der Waals surface area contributed by atoms with Crippen LogP contribution in [0, 0.1) is 11.6 Å². The van der Waals surface area contributed by atoms with Gasteiger partial charge in [0, 0.05) is 38.7 Å². The number of nitrogens with zero attached hydrogens (tertiary/aromatic N) is 4. The molecular weight excluding hydrogens is 392 g/mol. The fourth-order valence-corrected chi connectivity index (χ4v) is 3.79. The van der Waals surface area contributed by atoms with Crippen LogP contribution in [0.3, 0.4) is 0 Å². The zero-order chi connectivity index (χ0) is 21.1. The quantitative estimate of drug-likeness (QED) is 0.823. The van der Waals surface area contributed by atoms with Crippen molar-refractivity contribution in [2.75, 3.05) is 31.1 Å². The summed E-state index contributed by atoms with van der Waals surface area (Å²) in [5, 5.41) is 2.79. The van der Waals surface area contributed by atoms with Crippen molar-refractivity contribution < 1.29 is 18.3 Å². The molecule has 0 radical (unpaired) electrons. The number of benzene rings is 1. The predicted octanol–water partition coefficient (Wildman–Crippen LogP) is 3.63. The Morgan fingerprint density at radius 1 is 1.17 bits per heavy atom. The summed E-state index contributed by atoms with van der Waals surface area (Å²) >= 11 is 0. The number of rotatable bonds is 4. The minimum Gasteiger partial charge on any atom is -0.435 e. The summed E-state index contributed by atoms with van der Waals surface area (Å²) in [4.78, 5) is 25.4. The SMILES string of the molecule is CCNC(=O)N1CCc2nc(N3CCCCC3)nc(Oc3ccc(F)cc3F)c2C1. The lowest BCUT2D eigenvalue weighted by atomic mass is 10.1. The van der Waals surface area contributed by atoms with Crippen LogP contribution in [0.5, 0.6) is 11.6 Å². The molecule has 3 heterocycles. The Balaban J connectivity index is 1.70. The third-order valence-electron chi connectivity index (χ3n) is 5.37. The van der Waals surface area contributed by atoms with E-state index in [1.54, 1.807) is 4.90 Å². The van der Waals surface area contributed by atoms with Gasteiger partial charge in [-0.2, -0.15) is 4.98 Å². The standard InChI is InChI=1S/C21H25F2N5O2/c1-2-24-21(29)28-11-8-17-15(13-28)19(30-18-7-6-14(22)12-16(18)23)26-20(25-17)27-9-4-3-5-10-27/h6-7,12H,2-5,8-11,13H2,1H3,(H,24,29). The Hall–Kier alpha value is -2.97. The van der Waals surface area contributed by atoms with Crippen LogP contribution in [0.15, 0.2) is 18.2 Å². The Bertz CT molecular complexity index is 934. The van der Waals surface area contributed by atoms with Gasteiger partial charge < -0.3 is 19.9 Å². The van der Waals surface area contributed by atoms with E-state index in [9.17, 15) is 13.6 Å². The Kier molecular flexibility index (Phi) is 5.96. The van der Waals surface area contributed by atoms with E-state index in [0.29, 0.717) is 31.0 Å². The third-order valence-corrected chi connectivity index (χ3v) is 5.37. The van der Waals surface area contributed by atoms with Crippen molar-refractivity contribution in [1.82, 2.24) is 20.2 Å². The van der Waals surface area contributed by atoms with Crippen LogP contribution in [0.4, 0.5) is 19.5 Å². The molecule has 1 aromatic heterocycles. The highest BCUT2D eigenvalue weighted by Crippen LogP contribution is 2.33. The molecule has 1 aromatic carbocycles. The average molecular weight is 417 g/mol. The second kappa shape index (κ2) is 8.81. The molecule has 1 saturated heterocycles. The van der Waals surface area contributed by atoms with E-state index in [1.807, 2.05) is 6.92 Å². The topological polar surface area (TPSA) is 70.6 Å². The number of hydrogen-bond acceptors (Lipinski definition) is 5. The number of carbonyl (C=O) groups excluding carboxylic acids is 1. The van der Waals surface area contributed by atoms with E-state index in [0.717, 1.165) is 43.8 Å². The maximum Gasteiger partial charge on any atom is 0.317 e. The van der Waals surface area contributed by atoms with Crippen LogP contribution in [0.25, 0.3) is 0 Å². The van der Waals surface area contributed by atoms with Crippen LogP contribution in [0.2, 0.25) is 0 Å². The number of nitrogens with one attached hydrogen (secondary N) is 1. The van der Waals surface area contributed by atoms with Gasteiger partial charge in [-0.3, -0.25) is 0 Å². The zero-order valence-corrected chi connectivity index (χ0v) is 17.0. The molecule has 0 bridgehead atoms. The number of hydrogen-bond donors (Lipinski definition) is 1. The molecule has 2 aromatic rings. The number of piperidine rings is 1. The fraction of sp³-hybridized carbons (Fsp3) is 0.476. The summed E-state index contributed by atoms with van der Waals surface area (Å²) in [6.45, 7) is 4.88. The van der Waals surface area contributed by atoms with Crippen LogP contribution in [0.1, 0.15) is 37.4 Å². The van der Waals surface area contributed by atoms with Crippen molar-refractivity contribution in [2.24, 2.45) is 0 Å². The number of fused-ring (bicyclic) bond motifs is 1. The molecule has 160 valence electrons. The first kappa shape index (κ1) is 20.3. The molecule has 2 aliphatic heterocycles. The lowest BCUT2D eigenvalue weighted by Gasteiger charge is -2.31. The van der Waals surface area contributed by atoms with Crippen LogP contribution < -0.4 is 15.0 Å². The summed E-state index contributed by atoms with van der Waals surface area (Å²) < 4.78 is 33.3. The summed E-state index contributed by atoms with van der Waals surface area (Å²) in [5.41, 5.74) is 1.45. The predicted molar refractivity (Wildman–Crippen MR) is 108 cm³/mol. The number of carbonyl (C=O) groups is 1. The van der Waals surface area contributed by atoms with Crippen molar-refractivity contribution in [3.8, 4) is 11.6 Å². The van der Waals surface area contributed by atoms with Crippen molar-refractivity contribution in [2.45, 2.75) is 39.2 Å². The highest BCUT2D eigenvalue weighted by Gasteiger charge is 2.28. The Morgan fingerprint density at radius 3 is 2.70 bits per heavy atom. The Morgan fingerprint density at radius 2 is 1.97 bits per heavy atom. The highest BCUT2D eigenvalue weighted by molar-refractivity contribution is 5.74.